The van der Waals surface area contributed by atoms with E-state index in [0.717, 1.165) is 37.5 Å². The summed E-state index contributed by atoms with van der Waals surface area (Å²) in [6, 6.07) is 4.54. The van der Waals surface area contributed by atoms with Gasteiger partial charge in [-0.25, -0.2) is 0 Å². The Bertz CT molecular complexity index is 936. The molecule has 0 amide bonds. The van der Waals surface area contributed by atoms with E-state index in [-0.39, 0.29) is 0 Å². The molecule has 3 aromatic heterocycles. The second-order valence-electron chi connectivity index (χ2n) is 7.50. The van der Waals surface area contributed by atoms with Crippen LogP contribution in [0.25, 0.3) is 5.65 Å². The molecule has 8 heteroatoms. The first-order chi connectivity index (χ1) is 12.7. The molecule has 0 unspecified atom stereocenters. The van der Waals surface area contributed by atoms with E-state index in [4.69, 9.17) is 5.10 Å². The monoisotopic (exact) mass is 352 g/mol. The van der Waals surface area contributed by atoms with Crippen LogP contribution in [0.4, 0.5) is 5.82 Å². The van der Waals surface area contributed by atoms with Crippen molar-refractivity contribution in [1.82, 2.24) is 34.5 Å². The van der Waals surface area contributed by atoms with E-state index in [2.05, 4.69) is 43.9 Å². The predicted octanol–water partition coefficient (Wildman–Crippen LogP) is 1.06. The first-order valence-corrected chi connectivity index (χ1v) is 9.35. The Kier molecular flexibility index (Phi) is 3.66. The maximum Gasteiger partial charge on any atom is 0.177 e. The van der Waals surface area contributed by atoms with Gasteiger partial charge in [0.05, 0.1) is 11.4 Å². The Balaban J connectivity index is 1.25. The number of hydrogen-bond acceptors (Lipinski definition) is 6. The molecule has 3 aromatic rings. The summed E-state index contributed by atoms with van der Waals surface area (Å²) in [4.78, 5) is 4.76. The van der Waals surface area contributed by atoms with Crippen molar-refractivity contribution in [2.45, 2.75) is 38.3 Å². The maximum absolute atomic E-state index is 4.75. The summed E-state index contributed by atoms with van der Waals surface area (Å²) < 4.78 is 3.83. The summed E-state index contributed by atoms with van der Waals surface area (Å²) in [7, 11) is 4.31. The number of nitrogens with zero attached hydrogens (tertiary/aromatic N) is 8. The third-order valence-electron chi connectivity index (χ3n) is 5.80. The highest BCUT2D eigenvalue weighted by Gasteiger charge is 2.32. The zero-order chi connectivity index (χ0) is 17.7. The van der Waals surface area contributed by atoms with Crippen LogP contribution in [0.3, 0.4) is 0 Å². The largest absolute Gasteiger partial charge is 0.352 e. The number of aryl methyl sites for hydroxylation is 2. The fourth-order valence-corrected chi connectivity index (χ4v) is 4.12. The smallest absolute Gasteiger partial charge is 0.177 e. The van der Waals surface area contributed by atoms with Gasteiger partial charge in [-0.3, -0.25) is 9.58 Å². The van der Waals surface area contributed by atoms with E-state index in [1.54, 1.807) is 10.8 Å². The van der Waals surface area contributed by atoms with E-state index in [1.807, 2.05) is 12.1 Å². The molecule has 0 atom stereocenters. The van der Waals surface area contributed by atoms with E-state index in [1.165, 1.54) is 36.2 Å². The van der Waals surface area contributed by atoms with Gasteiger partial charge >= 0.3 is 0 Å². The molecule has 8 nitrogen and oxygen atoms in total. The summed E-state index contributed by atoms with van der Waals surface area (Å²) in [5.41, 5.74) is 5.00. The van der Waals surface area contributed by atoms with Gasteiger partial charge in [0, 0.05) is 32.7 Å². The topological polar surface area (TPSA) is 67.4 Å². The molecule has 1 saturated heterocycles. The Labute approximate surface area is 152 Å². The van der Waals surface area contributed by atoms with Crippen molar-refractivity contribution in [1.29, 1.82) is 0 Å². The van der Waals surface area contributed by atoms with Crippen molar-refractivity contribution in [3.8, 4) is 0 Å². The third-order valence-corrected chi connectivity index (χ3v) is 5.80. The summed E-state index contributed by atoms with van der Waals surface area (Å²) in [5.74, 6) is 0.986. The minimum Gasteiger partial charge on any atom is -0.352 e. The molecule has 0 N–H and O–H groups in total. The van der Waals surface area contributed by atoms with Gasteiger partial charge in [-0.05, 0) is 50.4 Å². The second-order valence-corrected chi connectivity index (χ2v) is 7.50. The van der Waals surface area contributed by atoms with Crippen LogP contribution in [-0.2, 0) is 26.4 Å². The quantitative estimate of drug-likeness (QED) is 0.699. The lowest BCUT2D eigenvalue weighted by Crippen LogP contribution is -2.58. The van der Waals surface area contributed by atoms with Crippen LogP contribution < -0.4 is 4.90 Å². The highest BCUT2D eigenvalue weighted by molar-refractivity contribution is 5.47. The molecule has 1 aliphatic heterocycles. The van der Waals surface area contributed by atoms with E-state index in [0.29, 0.717) is 6.04 Å². The fraction of sp³-hybridized carbons (Fsp3) is 0.556. The summed E-state index contributed by atoms with van der Waals surface area (Å²) in [6.45, 7) is 2.96. The summed E-state index contributed by atoms with van der Waals surface area (Å²) >= 11 is 0. The SMILES string of the molecule is CN(Cc1c2c(nn1C)CCCC2)C1CN(c2ccc3nncn3n2)C1. The first-order valence-electron chi connectivity index (χ1n) is 9.35. The fourth-order valence-electron chi connectivity index (χ4n) is 4.12. The highest BCUT2D eigenvalue weighted by atomic mass is 15.4. The number of hydrogen-bond donors (Lipinski definition) is 0. The molecule has 0 spiro atoms. The summed E-state index contributed by atoms with van der Waals surface area (Å²) in [5, 5.41) is 17.2. The molecule has 26 heavy (non-hydrogen) atoms. The van der Waals surface area contributed by atoms with Crippen molar-refractivity contribution < 1.29 is 0 Å². The Morgan fingerprint density at radius 3 is 2.88 bits per heavy atom. The van der Waals surface area contributed by atoms with Crippen LogP contribution in [0.5, 0.6) is 0 Å². The lowest BCUT2D eigenvalue weighted by atomic mass is 9.95. The van der Waals surface area contributed by atoms with Gasteiger partial charge in [0.1, 0.15) is 12.1 Å². The molecule has 0 bridgehead atoms. The molecule has 136 valence electrons. The third kappa shape index (κ3) is 2.56. The zero-order valence-electron chi connectivity index (χ0n) is 15.3. The highest BCUT2D eigenvalue weighted by Crippen LogP contribution is 2.27. The lowest BCUT2D eigenvalue weighted by molar-refractivity contribution is 0.191. The number of likely N-dealkylation sites (N-methyl/N-ethyl adjacent to an activating group) is 1. The molecule has 4 heterocycles. The molecule has 1 aliphatic carbocycles. The Morgan fingerprint density at radius 1 is 1.15 bits per heavy atom. The van der Waals surface area contributed by atoms with Crippen LogP contribution >= 0.6 is 0 Å². The molecule has 0 saturated carbocycles. The van der Waals surface area contributed by atoms with Gasteiger partial charge < -0.3 is 4.90 Å². The average molecular weight is 352 g/mol. The molecule has 5 rings (SSSR count). The Hall–Kier alpha value is -2.48. The van der Waals surface area contributed by atoms with Crippen LogP contribution in [0, 0.1) is 0 Å². The van der Waals surface area contributed by atoms with Gasteiger partial charge in [-0.1, -0.05) is 0 Å². The standard InChI is InChI=1S/C18H24N8/c1-23(11-16-14-5-3-4-6-15(14)21-24(16)2)13-9-25(10-13)18-8-7-17-20-19-12-26(17)22-18/h7-8,12-13H,3-6,9-11H2,1-2H3. The molecule has 0 radical (unpaired) electrons. The van der Waals surface area contributed by atoms with E-state index < -0.39 is 0 Å². The minimum absolute atomic E-state index is 0.544. The molecule has 2 aliphatic rings. The minimum atomic E-state index is 0.544. The number of fused-ring (bicyclic) bond motifs is 2. The van der Waals surface area contributed by atoms with Crippen LogP contribution in [0.2, 0.25) is 0 Å². The van der Waals surface area contributed by atoms with Crippen molar-refractivity contribution in [2.24, 2.45) is 7.05 Å². The number of anilines is 1. The van der Waals surface area contributed by atoms with Crippen molar-refractivity contribution in [2.75, 3.05) is 25.0 Å². The van der Waals surface area contributed by atoms with Gasteiger partial charge in [0.15, 0.2) is 5.65 Å². The molecule has 1 fully saturated rings. The maximum atomic E-state index is 4.75. The molecular weight excluding hydrogens is 328 g/mol. The predicted molar refractivity (Wildman–Crippen MR) is 98.1 cm³/mol. The van der Waals surface area contributed by atoms with Crippen LogP contribution in [0.1, 0.15) is 29.8 Å². The lowest BCUT2D eigenvalue weighted by Gasteiger charge is -2.44. The average Bonchev–Trinajstić information content (AvgIpc) is 3.18. The molecule has 0 aromatic carbocycles. The second kappa shape index (κ2) is 6.05. The van der Waals surface area contributed by atoms with Gasteiger partial charge in [0.2, 0.25) is 0 Å². The van der Waals surface area contributed by atoms with Crippen molar-refractivity contribution >= 4 is 11.5 Å². The van der Waals surface area contributed by atoms with Gasteiger partial charge in [-0.15, -0.1) is 15.3 Å². The van der Waals surface area contributed by atoms with Crippen LogP contribution in [-0.4, -0.2) is 60.7 Å². The van der Waals surface area contributed by atoms with Gasteiger partial charge in [-0.2, -0.15) is 9.61 Å². The number of aromatic nitrogens is 6. The number of rotatable bonds is 4. The zero-order valence-corrected chi connectivity index (χ0v) is 15.3. The van der Waals surface area contributed by atoms with Crippen molar-refractivity contribution in [3.05, 3.63) is 35.4 Å². The van der Waals surface area contributed by atoms with E-state index in [9.17, 15) is 0 Å². The normalized spacial score (nSPS) is 17.7. The van der Waals surface area contributed by atoms with Gasteiger partial charge in [0.25, 0.3) is 0 Å². The van der Waals surface area contributed by atoms with E-state index >= 15 is 0 Å². The van der Waals surface area contributed by atoms with Crippen LogP contribution in [0.15, 0.2) is 18.5 Å². The summed E-state index contributed by atoms with van der Waals surface area (Å²) in [6.07, 6.45) is 6.55. The van der Waals surface area contributed by atoms with Crippen molar-refractivity contribution in [3.63, 3.8) is 0 Å². The first kappa shape index (κ1) is 15.7. The Morgan fingerprint density at radius 2 is 2.00 bits per heavy atom. The molecular formula is C18H24N8.